The Bertz CT molecular complexity index is 1690. The van der Waals surface area contributed by atoms with Crippen molar-refractivity contribution < 1.29 is 36.6 Å². The van der Waals surface area contributed by atoms with Crippen molar-refractivity contribution in [2.75, 3.05) is 20.3 Å². The average molecular weight is 619 g/mol. The molecule has 0 saturated carbocycles. The van der Waals surface area contributed by atoms with Gasteiger partial charge in [-0.1, -0.05) is 17.7 Å². The lowest BCUT2D eigenvalue weighted by Crippen LogP contribution is -2.34. The first-order valence-corrected chi connectivity index (χ1v) is 14.0. The molecular weight excluding hydrogens is 592 g/mol. The summed E-state index contributed by atoms with van der Waals surface area (Å²) >= 11 is 5.79. The van der Waals surface area contributed by atoms with Gasteiger partial charge in [0, 0.05) is 30.3 Å². The molecule has 0 unspecified atom stereocenters. The van der Waals surface area contributed by atoms with Gasteiger partial charge in [-0.15, -0.1) is 0 Å². The summed E-state index contributed by atoms with van der Waals surface area (Å²) in [5, 5.41) is 0.168. The van der Waals surface area contributed by atoms with Crippen LogP contribution in [0.3, 0.4) is 0 Å². The fourth-order valence-electron chi connectivity index (χ4n) is 5.31. The second-order valence-corrected chi connectivity index (χ2v) is 11.0. The zero-order valence-electron chi connectivity index (χ0n) is 23.1. The zero-order chi connectivity index (χ0) is 30.3. The molecule has 0 aliphatic carbocycles. The smallest absolute Gasteiger partial charge is 0.421 e. The average Bonchev–Trinajstić information content (AvgIpc) is 3.28. The monoisotopic (exact) mass is 618 g/mol. The van der Waals surface area contributed by atoms with E-state index in [1.54, 1.807) is 12.1 Å². The van der Waals surface area contributed by atoms with Crippen molar-refractivity contribution in [3.05, 3.63) is 87.1 Å². The minimum Gasteiger partial charge on any atom is -0.472 e. The SMILES string of the molecule is COC(=O)c1ccc2c(c1)nc(CN1CCc3cc(C(F)(F)F)c(OCc4ccc(Cl)cc4F)nc3C1)n2C[C@@H]1CCO1. The van der Waals surface area contributed by atoms with Gasteiger partial charge in [0.25, 0.3) is 0 Å². The molecule has 8 nitrogen and oxygen atoms in total. The number of pyridine rings is 1. The highest BCUT2D eigenvalue weighted by Gasteiger charge is 2.37. The van der Waals surface area contributed by atoms with E-state index in [0.717, 1.165) is 29.9 Å². The van der Waals surface area contributed by atoms with Crippen molar-refractivity contribution in [3.63, 3.8) is 0 Å². The number of hydrogen-bond acceptors (Lipinski definition) is 7. The van der Waals surface area contributed by atoms with E-state index in [2.05, 4.69) is 9.55 Å². The van der Waals surface area contributed by atoms with Crippen LogP contribution in [0.5, 0.6) is 5.88 Å². The Morgan fingerprint density at radius 3 is 2.67 bits per heavy atom. The highest BCUT2D eigenvalue weighted by atomic mass is 35.5. The first-order chi connectivity index (χ1) is 20.6. The van der Waals surface area contributed by atoms with Crippen LogP contribution in [0, 0.1) is 5.82 Å². The molecule has 2 aromatic carbocycles. The number of aromatic nitrogens is 3. The van der Waals surface area contributed by atoms with E-state index in [1.165, 1.54) is 19.2 Å². The quantitative estimate of drug-likeness (QED) is 0.178. The number of benzene rings is 2. The van der Waals surface area contributed by atoms with Gasteiger partial charge in [-0.05, 0) is 54.8 Å². The van der Waals surface area contributed by atoms with E-state index in [-0.39, 0.29) is 23.2 Å². The minimum absolute atomic E-state index is 0.0474. The van der Waals surface area contributed by atoms with Crippen LogP contribution in [0.4, 0.5) is 17.6 Å². The number of halogens is 5. The molecule has 0 N–H and O–H groups in total. The summed E-state index contributed by atoms with van der Waals surface area (Å²) in [5.74, 6) is -1.02. The number of fused-ring (bicyclic) bond motifs is 2. The van der Waals surface area contributed by atoms with Crippen LogP contribution >= 0.6 is 11.6 Å². The number of esters is 1. The molecule has 0 bridgehead atoms. The van der Waals surface area contributed by atoms with Gasteiger partial charge in [-0.25, -0.2) is 19.2 Å². The number of carbonyl (C=O) groups excluding carboxylic acids is 1. The third-order valence-electron chi connectivity index (χ3n) is 7.70. The van der Waals surface area contributed by atoms with E-state index in [4.69, 9.17) is 30.8 Å². The van der Waals surface area contributed by atoms with Gasteiger partial charge in [0.05, 0.1) is 48.6 Å². The van der Waals surface area contributed by atoms with Crippen molar-refractivity contribution in [1.29, 1.82) is 0 Å². The van der Waals surface area contributed by atoms with Crippen molar-refractivity contribution in [2.24, 2.45) is 0 Å². The summed E-state index contributed by atoms with van der Waals surface area (Å²) in [7, 11) is 1.32. The number of carbonyl (C=O) groups is 1. The normalized spacial score (nSPS) is 17.0. The number of methoxy groups -OCH3 is 1. The maximum Gasteiger partial charge on any atom is 0.421 e. The van der Waals surface area contributed by atoms with Crippen LogP contribution in [0.15, 0.2) is 42.5 Å². The lowest BCUT2D eigenvalue weighted by atomic mass is 10.0. The van der Waals surface area contributed by atoms with Crippen LogP contribution in [-0.2, 0) is 48.3 Å². The molecule has 43 heavy (non-hydrogen) atoms. The van der Waals surface area contributed by atoms with Crippen LogP contribution < -0.4 is 4.74 Å². The second-order valence-electron chi connectivity index (χ2n) is 10.5. The highest BCUT2D eigenvalue weighted by molar-refractivity contribution is 6.30. The fraction of sp³-hybridized carbons (Fsp3) is 0.367. The predicted molar refractivity (Wildman–Crippen MR) is 148 cm³/mol. The maximum atomic E-state index is 14.3. The number of rotatable bonds is 8. The maximum absolute atomic E-state index is 14.3. The third-order valence-corrected chi connectivity index (χ3v) is 7.94. The largest absolute Gasteiger partial charge is 0.472 e. The molecule has 1 fully saturated rings. The number of nitrogens with zero attached hydrogens (tertiary/aromatic N) is 4. The Labute approximate surface area is 249 Å². The summed E-state index contributed by atoms with van der Waals surface area (Å²) in [6.45, 7) is 1.98. The molecule has 0 amide bonds. The summed E-state index contributed by atoms with van der Waals surface area (Å²) in [6, 6.07) is 10.1. The Morgan fingerprint density at radius 1 is 1.16 bits per heavy atom. The number of imidazole rings is 1. The fourth-order valence-corrected chi connectivity index (χ4v) is 5.47. The Kier molecular flexibility index (Phi) is 8.01. The molecule has 1 saturated heterocycles. The lowest BCUT2D eigenvalue weighted by molar-refractivity contribution is -0.139. The molecule has 1 atom stereocenters. The number of alkyl halides is 3. The highest BCUT2D eigenvalue weighted by Crippen LogP contribution is 2.38. The number of ether oxygens (including phenoxy) is 3. The summed E-state index contributed by atoms with van der Waals surface area (Å²) in [5.41, 5.74) is 1.84. The first-order valence-electron chi connectivity index (χ1n) is 13.7. The van der Waals surface area contributed by atoms with Crippen LogP contribution in [0.25, 0.3) is 11.0 Å². The van der Waals surface area contributed by atoms with Gasteiger partial charge in [-0.3, -0.25) is 4.90 Å². The molecule has 2 aliphatic rings. The van der Waals surface area contributed by atoms with Crippen molar-refractivity contribution in [2.45, 2.75) is 51.4 Å². The van der Waals surface area contributed by atoms with Crippen molar-refractivity contribution in [3.8, 4) is 5.88 Å². The van der Waals surface area contributed by atoms with E-state index >= 15 is 0 Å². The standard InChI is InChI=1S/C30H27ClF4N4O4/c1-41-29(40)18-3-5-26-24(11-18)36-27(39(26)13-21-7-9-42-21)15-38-8-6-17-10-22(30(33,34)35)28(37-25(17)14-38)43-16-19-2-4-20(31)12-23(19)32/h2-5,10-12,21H,6-9,13-16H2,1H3/t21-/m0/s1. The van der Waals surface area contributed by atoms with Gasteiger partial charge in [-0.2, -0.15) is 13.2 Å². The van der Waals surface area contributed by atoms with E-state index in [1.807, 2.05) is 11.0 Å². The van der Waals surface area contributed by atoms with Crippen molar-refractivity contribution in [1.82, 2.24) is 19.4 Å². The molecule has 4 heterocycles. The molecule has 2 aliphatic heterocycles. The van der Waals surface area contributed by atoms with E-state index < -0.39 is 36.0 Å². The molecule has 4 aromatic rings. The summed E-state index contributed by atoms with van der Waals surface area (Å²) in [6.07, 6.45) is -3.39. The third kappa shape index (κ3) is 6.17. The van der Waals surface area contributed by atoms with E-state index in [0.29, 0.717) is 55.0 Å². The first kappa shape index (κ1) is 29.3. The summed E-state index contributed by atoms with van der Waals surface area (Å²) in [4.78, 5) is 23.2. The molecule has 13 heteroatoms. The Morgan fingerprint density at radius 2 is 1.98 bits per heavy atom. The minimum atomic E-state index is -4.70. The van der Waals surface area contributed by atoms with Gasteiger partial charge < -0.3 is 18.8 Å². The molecule has 6 rings (SSSR count). The van der Waals surface area contributed by atoms with Crippen molar-refractivity contribution >= 4 is 28.6 Å². The molecule has 0 spiro atoms. The topological polar surface area (TPSA) is 78.7 Å². The molecule has 226 valence electrons. The van der Waals surface area contributed by atoms with Gasteiger partial charge in [0.15, 0.2) is 0 Å². The zero-order valence-corrected chi connectivity index (χ0v) is 23.8. The predicted octanol–water partition coefficient (Wildman–Crippen LogP) is 5.96. The van der Waals surface area contributed by atoms with E-state index in [9.17, 15) is 22.4 Å². The van der Waals surface area contributed by atoms with Crippen LogP contribution in [0.2, 0.25) is 5.02 Å². The van der Waals surface area contributed by atoms with Crippen LogP contribution in [-0.4, -0.2) is 51.8 Å². The van der Waals surface area contributed by atoms with Gasteiger partial charge in [0.2, 0.25) is 5.88 Å². The molecule has 0 radical (unpaired) electrons. The van der Waals surface area contributed by atoms with Crippen LogP contribution in [0.1, 0.15) is 45.0 Å². The number of hydrogen-bond donors (Lipinski definition) is 0. The second kappa shape index (κ2) is 11.7. The Hall–Kier alpha value is -3.74. The van der Waals surface area contributed by atoms with Gasteiger partial charge in [0.1, 0.15) is 23.8 Å². The molecule has 2 aromatic heterocycles. The summed E-state index contributed by atoms with van der Waals surface area (Å²) < 4.78 is 74.1. The lowest BCUT2D eigenvalue weighted by Gasteiger charge is -2.30. The van der Waals surface area contributed by atoms with Gasteiger partial charge >= 0.3 is 12.1 Å². The molecular formula is C30H27ClF4N4O4. The Balaban J connectivity index is 1.27.